The van der Waals surface area contributed by atoms with Crippen molar-refractivity contribution in [3.05, 3.63) is 35.9 Å². The zero-order valence-corrected chi connectivity index (χ0v) is 19.5. The highest BCUT2D eigenvalue weighted by atomic mass is 16.4. The summed E-state index contributed by atoms with van der Waals surface area (Å²) in [5.74, 6) is -1.10. The van der Waals surface area contributed by atoms with Crippen LogP contribution in [0.3, 0.4) is 0 Å². The molecule has 8 heteroatoms. The highest BCUT2D eigenvalue weighted by Gasteiger charge is 2.36. The minimum atomic E-state index is -1.60. The predicted octanol–water partition coefficient (Wildman–Crippen LogP) is 2.40. The molecule has 1 fully saturated rings. The first-order chi connectivity index (χ1) is 15.5. The van der Waals surface area contributed by atoms with Crippen LogP contribution in [0, 0.1) is 0 Å². The summed E-state index contributed by atoms with van der Waals surface area (Å²) in [6.07, 6.45) is 9.79. The van der Waals surface area contributed by atoms with Crippen LogP contribution < -0.4 is 10.6 Å². The van der Waals surface area contributed by atoms with E-state index in [9.17, 15) is 19.6 Å². The minimum Gasteiger partial charge on any atom is -0.426 e. The minimum absolute atomic E-state index is 0.105. The van der Waals surface area contributed by atoms with Crippen molar-refractivity contribution in [2.45, 2.75) is 89.7 Å². The molecule has 1 unspecified atom stereocenters. The van der Waals surface area contributed by atoms with Gasteiger partial charge in [0, 0.05) is 13.1 Å². The van der Waals surface area contributed by atoms with Crippen molar-refractivity contribution in [2.24, 2.45) is 0 Å². The van der Waals surface area contributed by atoms with Crippen LogP contribution in [0.2, 0.25) is 0 Å². The van der Waals surface area contributed by atoms with Crippen LogP contribution in [-0.2, 0) is 16.1 Å². The molecule has 1 aliphatic heterocycles. The van der Waals surface area contributed by atoms with E-state index < -0.39 is 19.1 Å². The average Bonchev–Trinajstić information content (AvgIpc) is 3.28. The number of benzene rings is 1. The van der Waals surface area contributed by atoms with Crippen LogP contribution in [0.15, 0.2) is 30.3 Å². The third kappa shape index (κ3) is 9.31. The van der Waals surface area contributed by atoms with Gasteiger partial charge in [0.05, 0.1) is 12.5 Å². The average molecular weight is 445 g/mol. The van der Waals surface area contributed by atoms with Gasteiger partial charge in [0.15, 0.2) is 0 Å². The van der Waals surface area contributed by atoms with Gasteiger partial charge in [-0.1, -0.05) is 82.2 Å². The van der Waals surface area contributed by atoms with Gasteiger partial charge in [-0.15, -0.1) is 0 Å². The highest BCUT2D eigenvalue weighted by molar-refractivity contribution is 6.43. The topological polar surface area (TPSA) is 102 Å². The molecule has 32 heavy (non-hydrogen) atoms. The summed E-state index contributed by atoms with van der Waals surface area (Å²) >= 11 is 0. The van der Waals surface area contributed by atoms with Crippen molar-refractivity contribution in [1.82, 2.24) is 15.5 Å². The lowest BCUT2D eigenvalue weighted by molar-refractivity contribution is -0.138. The Hall–Kier alpha value is -1.90. The molecular weight excluding hydrogens is 405 g/mol. The van der Waals surface area contributed by atoms with Gasteiger partial charge in [0.1, 0.15) is 6.04 Å². The summed E-state index contributed by atoms with van der Waals surface area (Å²) in [4.78, 5) is 27.1. The van der Waals surface area contributed by atoms with E-state index in [-0.39, 0.29) is 18.4 Å². The Kier molecular flexibility index (Phi) is 12.4. The molecule has 2 amide bonds. The summed E-state index contributed by atoms with van der Waals surface area (Å²) in [5, 5.41) is 25.4. The summed E-state index contributed by atoms with van der Waals surface area (Å²) in [6.45, 7) is 3.50. The summed E-state index contributed by atoms with van der Waals surface area (Å²) in [5.41, 5.74) is 1.10. The zero-order chi connectivity index (χ0) is 23.2. The standard InChI is InChI=1S/C24H40BN3O4/c1-2-3-4-5-6-7-11-16-22(25(31)32)27-24(30)21-15-12-17-28(21)23(29)19-26-18-20-13-9-8-10-14-20/h8-10,13-14,21-22,26,31-32H,2-7,11-12,15-19H2,1H3,(H,27,30)/t21?,22-/m0/s1. The van der Waals surface area contributed by atoms with Crippen molar-refractivity contribution >= 4 is 18.9 Å². The fourth-order valence-electron chi connectivity index (χ4n) is 4.25. The van der Waals surface area contributed by atoms with Gasteiger partial charge in [-0.25, -0.2) is 0 Å². The van der Waals surface area contributed by atoms with Crippen molar-refractivity contribution in [1.29, 1.82) is 0 Å². The van der Waals surface area contributed by atoms with Gasteiger partial charge < -0.3 is 25.6 Å². The van der Waals surface area contributed by atoms with Crippen molar-refractivity contribution in [2.75, 3.05) is 13.1 Å². The monoisotopic (exact) mass is 445 g/mol. The summed E-state index contributed by atoms with van der Waals surface area (Å²) < 4.78 is 0. The van der Waals surface area contributed by atoms with Crippen LogP contribution in [-0.4, -0.2) is 59.0 Å². The van der Waals surface area contributed by atoms with E-state index in [0.717, 1.165) is 31.2 Å². The molecule has 1 saturated heterocycles. The molecule has 2 atom stereocenters. The van der Waals surface area contributed by atoms with Crippen LogP contribution >= 0.6 is 0 Å². The molecular formula is C24H40BN3O4. The van der Waals surface area contributed by atoms with E-state index in [4.69, 9.17) is 0 Å². The third-order valence-corrected chi connectivity index (χ3v) is 6.13. The van der Waals surface area contributed by atoms with Crippen molar-refractivity contribution < 1.29 is 19.6 Å². The second-order valence-electron chi connectivity index (χ2n) is 8.77. The van der Waals surface area contributed by atoms with Gasteiger partial charge in [0.25, 0.3) is 0 Å². The van der Waals surface area contributed by atoms with E-state index >= 15 is 0 Å². The maximum atomic E-state index is 12.8. The zero-order valence-electron chi connectivity index (χ0n) is 19.5. The molecule has 0 aliphatic carbocycles. The first-order valence-corrected chi connectivity index (χ1v) is 12.2. The van der Waals surface area contributed by atoms with Gasteiger partial charge in [-0.05, 0) is 24.8 Å². The molecule has 178 valence electrons. The summed E-state index contributed by atoms with van der Waals surface area (Å²) in [6, 6.07) is 9.31. The number of carbonyl (C=O) groups is 2. The smallest absolute Gasteiger partial charge is 0.426 e. The lowest BCUT2D eigenvalue weighted by atomic mass is 9.76. The van der Waals surface area contributed by atoms with Gasteiger partial charge in [-0.3, -0.25) is 9.59 Å². The molecule has 0 radical (unpaired) electrons. The molecule has 1 heterocycles. The molecule has 0 spiro atoms. The number of hydrogen-bond donors (Lipinski definition) is 4. The van der Waals surface area contributed by atoms with Gasteiger partial charge >= 0.3 is 7.12 Å². The number of unbranched alkanes of at least 4 members (excludes halogenated alkanes) is 6. The van der Waals surface area contributed by atoms with E-state index in [1.165, 1.54) is 25.7 Å². The Morgan fingerprint density at radius 1 is 1.09 bits per heavy atom. The van der Waals surface area contributed by atoms with Gasteiger partial charge in [0.2, 0.25) is 11.8 Å². The van der Waals surface area contributed by atoms with Crippen LogP contribution in [0.4, 0.5) is 0 Å². The maximum Gasteiger partial charge on any atom is 0.475 e. The van der Waals surface area contributed by atoms with Crippen LogP contribution in [0.25, 0.3) is 0 Å². The normalized spacial score (nSPS) is 16.7. The van der Waals surface area contributed by atoms with Gasteiger partial charge in [-0.2, -0.15) is 0 Å². The Bertz CT molecular complexity index is 674. The number of rotatable bonds is 15. The Morgan fingerprint density at radius 3 is 2.47 bits per heavy atom. The van der Waals surface area contributed by atoms with Crippen LogP contribution in [0.5, 0.6) is 0 Å². The molecule has 0 aromatic heterocycles. The number of amides is 2. The van der Waals surface area contributed by atoms with E-state index in [2.05, 4.69) is 17.6 Å². The number of likely N-dealkylation sites (tertiary alicyclic amines) is 1. The SMILES string of the molecule is CCCCCCCCC[C@H](NC(=O)C1CCCN1C(=O)CNCc1ccccc1)B(O)O. The van der Waals surface area contributed by atoms with Crippen molar-refractivity contribution in [3.63, 3.8) is 0 Å². The number of carbonyl (C=O) groups excluding carboxylic acids is 2. The fraction of sp³-hybridized carbons (Fsp3) is 0.667. The van der Waals surface area contributed by atoms with E-state index in [1.54, 1.807) is 4.90 Å². The molecule has 1 aromatic carbocycles. The summed E-state index contributed by atoms with van der Waals surface area (Å²) in [7, 11) is -1.60. The molecule has 4 N–H and O–H groups in total. The first-order valence-electron chi connectivity index (χ1n) is 12.2. The maximum absolute atomic E-state index is 12.8. The highest BCUT2D eigenvalue weighted by Crippen LogP contribution is 2.18. The number of nitrogens with zero attached hydrogens (tertiary/aromatic N) is 1. The molecule has 1 aliphatic rings. The number of nitrogens with one attached hydrogen (secondary N) is 2. The van der Waals surface area contributed by atoms with Crippen LogP contribution in [0.1, 0.15) is 76.7 Å². The third-order valence-electron chi connectivity index (χ3n) is 6.13. The second-order valence-corrected chi connectivity index (χ2v) is 8.77. The lowest BCUT2D eigenvalue weighted by Gasteiger charge is -2.26. The molecule has 7 nitrogen and oxygen atoms in total. The largest absolute Gasteiger partial charge is 0.475 e. The lowest BCUT2D eigenvalue weighted by Crippen LogP contribution is -2.54. The Morgan fingerprint density at radius 2 is 1.78 bits per heavy atom. The molecule has 0 saturated carbocycles. The van der Waals surface area contributed by atoms with Crippen molar-refractivity contribution in [3.8, 4) is 0 Å². The molecule has 2 rings (SSSR count). The Labute approximate surface area is 193 Å². The molecule has 1 aromatic rings. The first kappa shape index (κ1) is 26.4. The van der Waals surface area contributed by atoms with E-state index in [0.29, 0.717) is 25.9 Å². The molecule has 0 bridgehead atoms. The number of hydrogen-bond acceptors (Lipinski definition) is 5. The quantitative estimate of drug-likeness (QED) is 0.245. The van der Waals surface area contributed by atoms with E-state index in [1.807, 2.05) is 30.3 Å². The second kappa shape index (κ2) is 15.0. The Balaban J connectivity index is 1.75. The predicted molar refractivity (Wildman–Crippen MR) is 128 cm³/mol. The fourth-order valence-corrected chi connectivity index (χ4v) is 4.25.